The largest absolute Gasteiger partial charge is 0.0842 e. The first-order valence-corrected chi connectivity index (χ1v) is 4.57. The van der Waals surface area contributed by atoms with Gasteiger partial charge in [-0.3, -0.25) is 0 Å². The highest BCUT2D eigenvalue weighted by atomic mass is 14.2. The molecule has 0 aromatic heterocycles. The Morgan fingerprint density at radius 1 is 1.27 bits per heavy atom. The third kappa shape index (κ3) is 2.21. The van der Waals surface area contributed by atoms with Crippen molar-refractivity contribution >= 4 is 0 Å². The number of rotatable bonds is 2. The van der Waals surface area contributed by atoms with Gasteiger partial charge in [-0.05, 0) is 24.7 Å². The van der Waals surface area contributed by atoms with E-state index >= 15 is 0 Å². The molecule has 0 N–H and O–H groups in total. The lowest BCUT2D eigenvalue weighted by molar-refractivity contribution is 0.466. The van der Waals surface area contributed by atoms with Crippen molar-refractivity contribution in [3.63, 3.8) is 0 Å². The lowest BCUT2D eigenvalue weighted by atomic mass is 9.86. The summed E-state index contributed by atoms with van der Waals surface area (Å²) in [6, 6.07) is 0. The van der Waals surface area contributed by atoms with E-state index in [1.165, 1.54) is 12.8 Å². The molecule has 1 aliphatic carbocycles. The van der Waals surface area contributed by atoms with Crippen molar-refractivity contribution in [1.82, 2.24) is 0 Å². The number of hydrogen-bond acceptors (Lipinski definition) is 0. The molecule has 0 aromatic carbocycles. The Morgan fingerprint density at radius 2 is 2.00 bits per heavy atom. The van der Waals surface area contributed by atoms with Crippen molar-refractivity contribution < 1.29 is 0 Å². The van der Waals surface area contributed by atoms with Crippen molar-refractivity contribution in [2.45, 2.75) is 33.6 Å². The molecule has 11 heavy (non-hydrogen) atoms. The molecule has 1 atom stereocenters. The highest BCUT2D eigenvalue weighted by molar-refractivity contribution is 5.19. The maximum atomic E-state index is 2.33. The fourth-order valence-corrected chi connectivity index (χ4v) is 1.43. The first-order chi connectivity index (χ1) is 5.22. The summed E-state index contributed by atoms with van der Waals surface area (Å²) in [7, 11) is 0. The van der Waals surface area contributed by atoms with Crippen molar-refractivity contribution in [1.29, 1.82) is 0 Å². The number of allylic oxidation sites excluding steroid dienone is 4. The van der Waals surface area contributed by atoms with Crippen LogP contribution in [0.5, 0.6) is 0 Å². The van der Waals surface area contributed by atoms with Gasteiger partial charge in [-0.25, -0.2) is 0 Å². The van der Waals surface area contributed by atoms with Gasteiger partial charge in [0.05, 0.1) is 0 Å². The molecule has 0 aromatic rings. The fraction of sp³-hybridized carbons (Fsp3) is 0.636. The van der Waals surface area contributed by atoms with E-state index in [1.807, 2.05) is 0 Å². The van der Waals surface area contributed by atoms with Gasteiger partial charge in [0.2, 0.25) is 0 Å². The molecule has 0 saturated heterocycles. The summed E-state index contributed by atoms with van der Waals surface area (Å²) in [5.41, 5.74) is 1.63. The molecule has 0 nitrogen and oxygen atoms in total. The SMILES string of the molecule is CC(C)[C@H](C)C1=CC=CCC1. The summed E-state index contributed by atoms with van der Waals surface area (Å²) in [5.74, 6) is 1.55. The molecule has 0 heteroatoms. The third-order valence-corrected chi connectivity index (χ3v) is 2.63. The quantitative estimate of drug-likeness (QED) is 0.564. The highest BCUT2D eigenvalue weighted by Gasteiger charge is 2.12. The van der Waals surface area contributed by atoms with Crippen LogP contribution in [0.3, 0.4) is 0 Å². The van der Waals surface area contributed by atoms with E-state index in [1.54, 1.807) is 5.57 Å². The smallest absolute Gasteiger partial charge is 0.0205 e. The molecular formula is C11H18. The second kappa shape index (κ2) is 3.75. The van der Waals surface area contributed by atoms with Gasteiger partial charge in [-0.15, -0.1) is 0 Å². The lowest BCUT2D eigenvalue weighted by Gasteiger charge is -2.20. The molecule has 0 unspecified atom stereocenters. The predicted octanol–water partition coefficient (Wildman–Crippen LogP) is 3.55. The predicted molar refractivity (Wildman–Crippen MR) is 50.5 cm³/mol. The second-order valence-electron chi connectivity index (χ2n) is 3.74. The molecule has 1 aliphatic rings. The van der Waals surface area contributed by atoms with Gasteiger partial charge in [0.1, 0.15) is 0 Å². The van der Waals surface area contributed by atoms with Gasteiger partial charge < -0.3 is 0 Å². The van der Waals surface area contributed by atoms with Gasteiger partial charge in [-0.1, -0.05) is 44.6 Å². The summed E-state index contributed by atoms with van der Waals surface area (Å²) >= 11 is 0. The summed E-state index contributed by atoms with van der Waals surface area (Å²) in [6.45, 7) is 6.92. The molecule has 0 bridgehead atoms. The van der Waals surface area contributed by atoms with Crippen LogP contribution in [0.25, 0.3) is 0 Å². The molecule has 1 rings (SSSR count). The van der Waals surface area contributed by atoms with E-state index in [2.05, 4.69) is 39.0 Å². The summed E-state index contributed by atoms with van der Waals surface area (Å²) in [6.07, 6.45) is 9.24. The molecule has 0 spiro atoms. The third-order valence-electron chi connectivity index (χ3n) is 2.63. The molecule has 0 heterocycles. The van der Waals surface area contributed by atoms with Crippen LogP contribution in [0, 0.1) is 11.8 Å². The van der Waals surface area contributed by atoms with E-state index < -0.39 is 0 Å². The normalized spacial score (nSPS) is 20.2. The highest BCUT2D eigenvalue weighted by Crippen LogP contribution is 2.25. The fourth-order valence-electron chi connectivity index (χ4n) is 1.43. The average Bonchev–Trinajstić information content (AvgIpc) is 2.05. The van der Waals surface area contributed by atoms with Crippen LogP contribution in [-0.4, -0.2) is 0 Å². The van der Waals surface area contributed by atoms with Gasteiger partial charge in [0, 0.05) is 0 Å². The zero-order valence-electron chi connectivity index (χ0n) is 7.80. The molecule has 0 saturated carbocycles. The van der Waals surface area contributed by atoms with E-state index in [0.717, 1.165) is 11.8 Å². The summed E-state index contributed by atoms with van der Waals surface area (Å²) in [4.78, 5) is 0. The van der Waals surface area contributed by atoms with Crippen molar-refractivity contribution in [2.24, 2.45) is 11.8 Å². The Balaban J connectivity index is 2.58. The zero-order valence-corrected chi connectivity index (χ0v) is 7.80. The molecule has 0 fully saturated rings. The molecule has 0 radical (unpaired) electrons. The standard InChI is InChI=1S/C11H18/c1-9(2)10(3)11-7-5-4-6-8-11/h4-5,7,9-10H,6,8H2,1-3H3/t10-/m0/s1. The van der Waals surface area contributed by atoms with Gasteiger partial charge in [0.25, 0.3) is 0 Å². The van der Waals surface area contributed by atoms with E-state index in [4.69, 9.17) is 0 Å². The molecule has 0 amide bonds. The minimum absolute atomic E-state index is 0.764. The molecular weight excluding hydrogens is 132 g/mol. The monoisotopic (exact) mass is 150 g/mol. The Kier molecular flexibility index (Phi) is 2.92. The van der Waals surface area contributed by atoms with Gasteiger partial charge in [-0.2, -0.15) is 0 Å². The van der Waals surface area contributed by atoms with Crippen molar-refractivity contribution in [3.05, 3.63) is 23.8 Å². The maximum Gasteiger partial charge on any atom is -0.0205 e. The van der Waals surface area contributed by atoms with Crippen LogP contribution < -0.4 is 0 Å². The summed E-state index contributed by atoms with van der Waals surface area (Å²) < 4.78 is 0. The molecule has 62 valence electrons. The van der Waals surface area contributed by atoms with Gasteiger partial charge >= 0.3 is 0 Å². The van der Waals surface area contributed by atoms with Crippen LogP contribution >= 0.6 is 0 Å². The Bertz CT molecular complexity index is 172. The van der Waals surface area contributed by atoms with Crippen molar-refractivity contribution in [3.8, 4) is 0 Å². The van der Waals surface area contributed by atoms with Crippen molar-refractivity contribution in [2.75, 3.05) is 0 Å². The number of hydrogen-bond donors (Lipinski definition) is 0. The maximum absolute atomic E-state index is 2.33. The summed E-state index contributed by atoms with van der Waals surface area (Å²) in [5, 5.41) is 0. The van der Waals surface area contributed by atoms with Crippen LogP contribution in [0.2, 0.25) is 0 Å². The minimum Gasteiger partial charge on any atom is -0.0842 e. The van der Waals surface area contributed by atoms with Crippen LogP contribution in [0.4, 0.5) is 0 Å². The Labute approximate surface area is 70.0 Å². The minimum atomic E-state index is 0.764. The van der Waals surface area contributed by atoms with Gasteiger partial charge in [0.15, 0.2) is 0 Å². The molecule has 0 aliphatic heterocycles. The first-order valence-electron chi connectivity index (χ1n) is 4.57. The zero-order chi connectivity index (χ0) is 8.27. The second-order valence-corrected chi connectivity index (χ2v) is 3.74. The topological polar surface area (TPSA) is 0 Å². The first kappa shape index (κ1) is 8.58. The van der Waals surface area contributed by atoms with Crippen LogP contribution in [-0.2, 0) is 0 Å². The average molecular weight is 150 g/mol. The van der Waals surface area contributed by atoms with Crippen LogP contribution in [0.15, 0.2) is 23.8 Å². The van der Waals surface area contributed by atoms with Crippen LogP contribution in [0.1, 0.15) is 33.6 Å². The Morgan fingerprint density at radius 3 is 2.45 bits per heavy atom. The van der Waals surface area contributed by atoms with E-state index in [9.17, 15) is 0 Å². The van der Waals surface area contributed by atoms with E-state index in [-0.39, 0.29) is 0 Å². The lowest BCUT2D eigenvalue weighted by Crippen LogP contribution is -2.08. The van der Waals surface area contributed by atoms with E-state index in [0.29, 0.717) is 0 Å². The Hall–Kier alpha value is -0.520.